The molecule has 0 aliphatic heterocycles. The van der Waals surface area contributed by atoms with Crippen molar-refractivity contribution < 1.29 is 14.6 Å². The third-order valence-electron chi connectivity index (χ3n) is 1.91. The fourth-order valence-corrected chi connectivity index (χ4v) is 1.48. The van der Waals surface area contributed by atoms with E-state index in [9.17, 15) is 4.79 Å². The number of hydrogen-bond acceptors (Lipinski definition) is 2. The molecule has 1 aromatic carbocycles. The van der Waals surface area contributed by atoms with Crippen LogP contribution >= 0.6 is 15.9 Å². The quantitative estimate of drug-likeness (QED) is 0.845. The van der Waals surface area contributed by atoms with Crippen molar-refractivity contribution in [2.24, 2.45) is 0 Å². The predicted octanol–water partition coefficient (Wildman–Crippen LogP) is 2.68. The van der Waals surface area contributed by atoms with Gasteiger partial charge in [-0.3, -0.25) is 0 Å². The molecule has 0 spiro atoms. The van der Waals surface area contributed by atoms with Gasteiger partial charge in [-0.15, -0.1) is 0 Å². The Hall–Kier alpha value is -1.03. The van der Waals surface area contributed by atoms with Crippen LogP contribution in [0.2, 0.25) is 0 Å². The highest BCUT2D eigenvalue weighted by atomic mass is 79.9. The highest BCUT2D eigenvalue weighted by Gasteiger charge is 2.09. The summed E-state index contributed by atoms with van der Waals surface area (Å²) in [5.41, 5.74) is 1.49. The summed E-state index contributed by atoms with van der Waals surface area (Å²) in [7, 11) is 0. The lowest BCUT2D eigenvalue weighted by atomic mass is 10.1. The Morgan fingerprint density at radius 2 is 2.29 bits per heavy atom. The summed E-state index contributed by atoms with van der Waals surface area (Å²) in [6.45, 7) is 1.92. The zero-order chi connectivity index (χ0) is 10.6. The molecule has 0 radical (unpaired) electrons. The molecule has 0 aliphatic carbocycles. The van der Waals surface area contributed by atoms with Crippen LogP contribution in [0.15, 0.2) is 18.2 Å². The summed E-state index contributed by atoms with van der Waals surface area (Å²) in [5, 5.41) is 8.92. The first kappa shape index (κ1) is 11.0. The summed E-state index contributed by atoms with van der Waals surface area (Å²) in [4.78, 5) is 10.9. The number of benzene rings is 1. The zero-order valence-corrected chi connectivity index (χ0v) is 9.37. The lowest BCUT2D eigenvalue weighted by molar-refractivity contribution is 0.0695. The van der Waals surface area contributed by atoms with E-state index in [1.807, 2.05) is 6.92 Å². The van der Waals surface area contributed by atoms with E-state index >= 15 is 0 Å². The molecule has 0 amide bonds. The van der Waals surface area contributed by atoms with Crippen molar-refractivity contribution >= 4 is 21.9 Å². The van der Waals surface area contributed by atoms with E-state index < -0.39 is 5.97 Å². The van der Waals surface area contributed by atoms with E-state index in [-0.39, 0.29) is 0 Å². The average molecular weight is 259 g/mol. The molecule has 0 aromatic heterocycles. The van der Waals surface area contributed by atoms with Gasteiger partial charge >= 0.3 is 5.97 Å². The van der Waals surface area contributed by atoms with E-state index in [0.717, 1.165) is 5.56 Å². The number of aromatic carboxylic acids is 1. The van der Waals surface area contributed by atoms with E-state index in [1.54, 1.807) is 18.2 Å². The van der Waals surface area contributed by atoms with Crippen LogP contribution < -0.4 is 4.74 Å². The number of carbonyl (C=O) groups is 1. The molecule has 1 aromatic rings. The molecular weight excluding hydrogens is 248 g/mol. The Morgan fingerprint density at radius 1 is 1.57 bits per heavy atom. The number of aryl methyl sites for hydroxylation is 1. The monoisotopic (exact) mass is 258 g/mol. The number of ether oxygens (including phenoxy) is 1. The van der Waals surface area contributed by atoms with Crippen molar-refractivity contribution in [2.45, 2.75) is 13.3 Å². The van der Waals surface area contributed by atoms with E-state index in [1.165, 1.54) is 0 Å². The molecular formula is C10H11BrO3. The van der Waals surface area contributed by atoms with E-state index in [0.29, 0.717) is 23.2 Å². The van der Waals surface area contributed by atoms with Gasteiger partial charge in [0.25, 0.3) is 0 Å². The maximum absolute atomic E-state index is 10.9. The molecule has 14 heavy (non-hydrogen) atoms. The number of rotatable bonds is 4. The first-order valence-electron chi connectivity index (χ1n) is 4.24. The average Bonchev–Trinajstić information content (AvgIpc) is 2.18. The normalized spacial score (nSPS) is 9.86. The standard InChI is InChI=1S/C10H11BrO3/c1-2-7-3-4-8(14-6-11)5-9(7)10(12)13/h3-5H,2,6H2,1H3,(H,12,13). The molecule has 0 aliphatic rings. The molecule has 0 heterocycles. The highest BCUT2D eigenvalue weighted by Crippen LogP contribution is 2.19. The van der Waals surface area contributed by atoms with Crippen LogP contribution in [-0.2, 0) is 6.42 Å². The van der Waals surface area contributed by atoms with E-state index in [2.05, 4.69) is 15.9 Å². The molecule has 0 fully saturated rings. The van der Waals surface area contributed by atoms with Crippen LogP contribution in [0, 0.1) is 0 Å². The lowest BCUT2D eigenvalue weighted by Crippen LogP contribution is -2.02. The van der Waals surface area contributed by atoms with Crippen molar-refractivity contribution in [1.82, 2.24) is 0 Å². The molecule has 4 heteroatoms. The van der Waals surface area contributed by atoms with Gasteiger partial charge < -0.3 is 9.84 Å². The summed E-state index contributed by atoms with van der Waals surface area (Å²) in [6.07, 6.45) is 0.705. The summed E-state index contributed by atoms with van der Waals surface area (Å²) >= 11 is 3.11. The lowest BCUT2D eigenvalue weighted by Gasteiger charge is -2.06. The minimum atomic E-state index is -0.915. The molecule has 1 rings (SSSR count). The molecule has 76 valence electrons. The summed E-state index contributed by atoms with van der Waals surface area (Å²) in [6, 6.07) is 5.09. The molecule has 0 atom stereocenters. The van der Waals surface area contributed by atoms with Crippen LogP contribution in [0.25, 0.3) is 0 Å². The third kappa shape index (κ3) is 2.48. The van der Waals surface area contributed by atoms with E-state index in [4.69, 9.17) is 9.84 Å². The summed E-state index contributed by atoms with van der Waals surface area (Å²) in [5.74, 6) is -0.349. The fraction of sp³-hybridized carbons (Fsp3) is 0.300. The predicted molar refractivity (Wildman–Crippen MR) is 57.2 cm³/mol. The van der Waals surface area contributed by atoms with Gasteiger partial charge in [0.2, 0.25) is 0 Å². The Labute approximate surface area is 90.8 Å². The first-order chi connectivity index (χ1) is 6.69. The Morgan fingerprint density at radius 3 is 2.79 bits per heavy atom. The Kier molecular flexibility index (Phi) is 3.95. The van der Waals surface area contributed by atoms with Crippen LogP contribution in [0.1, 0.15) is 22.8 Å². The van der Waals surface area contributed by atoms with Crippen molar-refractivity contribution in [3.8, 4) is 5.75 Å². The van der Waals surface area contributed by atoms with Crippen molar-refractivity contribution in [3.63, 3.8) is 0 Å². The van der Waals surface area contributed by atoms with Gasteiger partial charge in [0.1, 0.15) is 11.3 Å². The maximum Gasteiger partial charge on any atom is 0.336 e. The molecule has 0 bridgehead atoms. The zero-order valence-electron chi connectivity index (χ0n) is 7.79. The highest BCUT2D eigenvalue weighted by molar-refractivity contribution is 9.09. The maximum atomic E-state index is 10.9. The smallest absolute Gasteiger partial charge is 0.336 e. The minimum absolute atomic E-state index is 0.311. The largest absolute Gasteiger partial charge is 0.482 e. The second-order valence-corrected chi connectivity index (χ2v) is 3.19. The van der Waals surface area contributed by atoms with Crippen molar-refractivity contribution in [2.75, 3.05) is 5.52 Å². The van der Waals surface area contributed by atoms with Gasteiger partial charge in [-0.05, 0) is 40.0 Å². The van der Waals surface area contributed by atoms with Gasteiger partial charge in [-0.2, -0.15) is 0 Å². The van der Waals surface area contributed by atoms with Crippen molar-refractivity contribution in [1.29, 1.82) is 0 Å². The van der Waals surface area contributed by atoms with Gasteiger partial charge in [0.05, 0.1) is 5.56 Å². The number of alkyl halides is 1. The van der Waals surface area contributed by atoms with Gasteiger partial charge in [0.15, 0.2) is 0 Å². The van der Waals surface area contributed by atoms with Crippen LogP contribution in [0.4, 0.5) is 0 Å². The Balaban J connectivity index is 3.07. The van der Waals surface area contributed by atoms with Gasteiger partial charge in [0, 0.05) is 0 Å². The molecule has 0 unspecified atom stereocenters. The number of halogens is 1. The topological polar surface area (TPSA) is 46.5 Å². The number of carboxylic acid groups (broad SMARTS) is 1. The molecule has 0 saturated heterocycles. The second-order valence-electron chi connectivity index (χ2n) is 2.73. The second kappa shape index (κ2) is 5.00. The third-order valence-corrected chi connectivity index (χ3v) is 2.14. The van der Waals surface area contributed by atoms with Gasteiger partial charge in [-0.1, -0.05) is 13.0 Å². The fourth-order valence-electron chi connectivity index (χ4n) is 1.22. The minimum Gasteiger partial charge on any atom is -0.482 e. The van der Waals surface area contributed by atoms with Crippen LogP contribution in [-0.4, -0.2) is 16.6 Å². The molecule has 3 nitrogen and oxygen atoms in total. The van der Waals surface area contributed by atoms with Gasteiger partial charge in [-0.25, -0.2) is 4.79 Å². The van der Waals surface area contributed by atoms with Crippen LogP contribution in [0.3, 0.4) is 0 Å². The Bertz CT molecular complexity index is 336. The first-order valence-corrected chi connectivity index (χ1v) is 5.36. The summed E-state index contributed by atoms with van der Waals surface area (Å²) < 4.78 is 5.15. The van der Waals surface area contributed by atoms with Crippen LogP contribution in [0.5, 0.6) is 5.75 Å². The van der Waals surface area contributed by atoms with Crippen molar-refractivity contribution in [3.05, 3.63) is 29.3 Å². The number of carboxylic acids is 1. The number of hydrogen-bond donors (Lipinski definition) is 1. The molecule has 1 N–H and O–H groups in total. The SMILES string of the molecule is CCc1ccc(OCBr)cc1C(=O)O. The molecule has 0 saturated carbocycles.